The standard InChI is InChI=1S/C16H18ClNO3S2/c1-10-5-8-14(22-10)11(2)18(3)16(19)12-6-7-13(17)15(9-12)23(4,20)21/h5-9,11H,1-4H3/t11-/m0/s1. The van der Waals surface area contributed by atoms with Gasteiger partial charge in [0.05, 0.1) is 16.0 Å². The van der Waals surface area contributed by atoms with Crippen molar-refractivity contribution in [2.24, 2.45) is 0 Å². The fourth-order valence-electron chi connectivity index (χ4n) is 2.17. The Bertz CT molecular complexity index is 843. The van der Waals surface area contributed by atoms with Crippen LogP contribution in [0.1, 0.15) is 33.1 Å². The first kappa shape index (κ1) is 18.0. The second-order valence-corrected chi connectivity index (χ2v) is 9.17. The third-order valence-corrected chi connectivity index (χ3v) is 6.40. The lowest BCUT2D eigenvalue weighted by molar-refractivity contribution is 0.0744. The van der Waals surface area contributed by atoms with Crippen LogP contribution in [0.25, 0.3) is 0 Å². The Balaban J connectivity index is 2.33. The van der Waals surface area contributed by atoms with Gasteiger partial charge >= 0.3 is 0 Å². The van der Waals surface area contributed by atoms with Crippen LogP contribution in [0.3, 0.4) is 0 Å². The molecule has 0 unspecified atom stereocenters. The van der Waals surface area contributed by atoms with E-state index >= 15 is 0 Å². The molecule has 0 spiro atoms. The summed E-state index contributed by atoms with van der Waals surface area (Å²) >= 11 is 7.56. The quantitative estimate of drug-likeness (QED) is 0.817. The number of thiophene rings is 1. The monoisotopic (exact) mass is 371 g/mol. The number of carbonyl (C=O) groups excluding carboxylic acids is 1. The van der Waals surface area contributed by atoms with E-state index in [0.717, 1.165) is 11.1 Å². The van der Waals surface area contributed by atoms with Crippen molar-refractivity contribution in [3.63, 3.8) is 0 Å². The van der Waals surface area contributed by atoms with Crippen molar-refractivity contribution < 1.29 is 13.2 Å². The van der Waals surface area contributed by atoms with Gasteiger partial charge in [-0.2, -0.15) is 0 Å². The van der Waals surface area contributed by atoms with Gasteiger partial charge in [-0.1, -0.05) is 11.6 Å². The van der Waals surface area contributed by atoms with Crippen LogP contribution in [0.5, 0.6) is 0 Å². The lowest BCUT2D eigenvalue weighted by Gasteiger charge is -2.24. The number of carbonyl (C=O) groups is 1. The maximum Gasteiger partial charge on any atom is 0.254 e. The largest absolute Gasteiger partial charge is 0.334 e. The molecule has 0 radical (unpaired) electrons. The molecule has 2 rings (SSSR count). The summed E-state index contributed by atoms with van der Waals surface area (Å²) in [5.41, 5.74) is 0.303. The highest BCUT2D eigenvalue weighted by Crippen LogP contribution is 2.28. The number of sulfone groups is 1. The Morgan fingerprint density at radius 2 is 1.91 bits per heavy atom. The topological polar surface area (TPSA) is 54.5 Å². The Morgan fingerprint density at radius 3 is 2.43 bits per heavy atom. The molecule has 0 N–H and O–H groups in total. The van der Waals surface area contributed by atoms with Gasteiger partial charge in [0.25, 0.3) is 5.91 Å². The molecule has 0 bridgehead atoms. The molecule has 0 aliphatic heterocycles. The van der Waals surface area contributed by atoms with Gasteiger partial charge < -0.3 is 4.90 Å². The smallest absolute Gasteiger partial charge is 0.254 e. The number of rotatable bonds is 4. The van der Waals surface area contributed by atoms with E-state index in [1.165, 1.54) is 17.0 Å². The van der Waals surface area contributed by atoms with Crippen LogP contribution in [0.2, 0.25) is 5.02 Å². The molecule has 0 saturated heterocycles. The summed E-state index contributed by atoms with van der Waals surface area (Å²) in [6.45, 7) is 3.96. The molecule has 7 heteroatoms. The van der Waals surface area contributed by atoms with Crippen LogP contribution in [-0.4, -0.2) is 32.5 Å². The summed E-state index contributed by atoms with van der Waals surface area (Å²) in [6.07, 6.45) is 1.07. The van der Waals surface area contributed by atoms with E-state index in [-0.39, 0.29) is 21.9 Å². The average Bonchev–Trinajstić information content (AvgIpc) is 2.90. The molecule has 23 heavy (non-hydrogen) atoms. The molecule has 4 nitrogen and oxygen atoms in total. The van der Waals surface area contributed by atoms with Crippen LogP contribution in [0.15, 0.2) is 35.2 Å². The predicted octanol–water partition coefficient (Wildman–Crippen LogP) is 3.95. The Labute approximate surface area is 145 Å². The van der Waals surface area contributed by atoms with Gasteiger partial charge in [-0.3, -0.25) is 4.79 Å². The van der Waals surface area contributed by atoms with Crippen molar-refractivity contribution in [3.8, 4) is 0 Å². The minimum Gasteiger partial charge on any atom is -0.334 e. The molecular weight excluding hydrogens is 354 g/mol. The second-order valence-electron chi connectivity index (χ2n) is 5.46. The highest BCUT2D eigenvalue weighted by Gasteiger charge is 2.22. The molecule has 0 fully saturated rings. The zero-order valence-corrected chi connectivity index (χ0v) is 15.7. The predicted molar refractivity (Wildman–Crippen MR) is 94.1 cm³/mol. The average molecular weight is 372 g/mol. The number of halogens is 1. The van der Waals surface area contributed by atoms with Gasteiger partial charge in [0.15, 0.2) is 9.84 Å². The Kier molecular flexibility index (Phi) is 5.18. The molecule has 124 valence electrons. The maximum atomic E-state index is 12.6. The van der Waals surface area contributed by atoms with E-state index < -0.39 is 9.84 Å². The molecule has 1 heterocycles. The van der Waals surface area contributed by atoms with Crippen LogP contribution in [0.4, 0.5) is 0 Å². The first-order valence-electron chi connectivity index (χ1n) is 6.94. The van der Waals surface area contributed by atoms with Crippen molar-refractivity contribution in [1.82, 2.24) is 4.90 Å². The van der Waals surface area contributed by atoms with Crippen molar-refractivity contribution >= 4 is 38.7 Å². The first-order valence-corrected chi connectivity index (χ1v) is 10.0. The van der Waals surface area contributed by atoms with Gasteiger partial charge in [-0.15, -0.1) is 11.3 Å². The minimum absolute atomic E-state index is 0.0296. The molecular formula is C16H18ClNO3S2. The normalized spacial score (nSPS) is 12.9. The minimum atomic E-state index is -3.48. The summed E-state index contributed by atoms with van der Waals surface area (Å²) in [6, 6.07) is 8.24. The maximum absolute atomic E-state index is 12.6. The first-order chi connectivity index (χ1) is 10.6. The van der Waals surface area contributed by atoms with Gasteiger partial charge in [-0.05, 0) is 44.2 Å². The van der Waals surface area contributed by atoms with E-state index in [4.69, 9.17) is 11.6 Å². The molecule has 0 aliphatic rings. The van der Waals surface area contributed by atoms with Crippen molar-refractivity contribution in [2.75, 3.05) is 13.3 Å². The van der Waals surface area contributed by atoms with E-state index in [1.54, 1.807) is 29.4 Å². The SMILES string of the molecule is Cc1ccc([C@H](C)N(C)C(=O)c2ccc(Cl)c(S(C)(=O)=O)c2)s1. The number of hydrogen-bond acceptors (Lipinski definition) is 4. The summed E-state index contributed by atoms with van der Waals surface area (Å²) in [5.74, 6) is -0.245. The van der Waals surface area contributed by atoms with Gasteiger partial charge in [0.1, 0.15) is 0 Å². The fourth-order valence-corrected chi connectivity index (χ4v) is 4.44. The lowest BCUT2D eigenvalue weighted by Crippen LogP contribution is -2.29. The van der Waals surface area contributed by atoms with Crippen LogP contribution >= 0.6 is 22.9 Å². The van der Waals surface area contributed by atoms with Crippen LogP contribution < -0.4 is 0 Å². The zero-order chi connectivity index (χ0) is 17.4. The van der Waals surface area contributed by atoms with Crippen LogP contribution in [-0.2, 0) is 9.84 Å². The highest BCUT2D eigenvalue weighted by molar-refractivity contribution is 7.90. The third kappa shape index (κ3) is 3.94. The van der Waals surface area contributed by atoms with Crippen LogP contribution in [0, 0.1) is 6.92 Å². The number of hydrogen-bond donors (Lipinski definition) is 0. The second kappa shape index (κ2) is 6.63. The molecule has 0 aliphatic carbocycles. The lowest BCUT2D eigenvalue weighted by atomic mass is 10.1. The number of benzene rings is 1. The van der Waals surface area contributed by atoms with E-state index in [1.807, 2.05) is 26.0 Å². The number of nitrogens with zero attached hydrogens (tertiary/aromatic N) is 1. The number of amides is 1. The summed E-state index contributed by atoms with van der Waals surface area (Å²) in [5, 5.41) is 0.119. The Hall–Kier alpha value is -1.37. The van der Waals surface area contributed by atoms with Crippen molar-refractivity contribution in [1.29, 1.82) is 0 Å². The summed E-state index contributed by atoms with van der Waals surface area (Å²) in [4.78, 5) is 16.5. The van der Waals surface area contributed by atoms with Gasteiger partial charge in [0, 0.05) is 28.6 Å². The fraction of sp³-hybridized carbons (Fsp3) is 0.312. The van der Waals surface area contributed by atoms with E-state index in [9.17, 15) is 13.2 Å². The Morgan fingerprint density at radius 1 is 1.26 bits per heavy atom. The molecule has 1 aromatic heterocycles. The van der Waals surface area contributed by atoms with E-state index in [2.05, 4.69) is 0 Å². The molecule has 0 saturated carbocycles. The van der Waals surface area contributed by atoms with Crippen molar-refractivity contribution in [3.05, 3.63) is 50.7 Å². The van der Waals surface area contributed by atoms with Gasteiger partial charge in [-0.25, -0.2) is 8.42 Å². The molecule has 1 amide bonds. The van der Waals surface area contributed by atoms with E-state index in [0.29, 0.717) is 5.56 Å². The zero-order valence-electron chi connectivity index (χ0n) is 13.3. The molecule has 1 atom stereocenters. The number of aryl methyl sites for hydroxylation is 1. The third-order valence-electron chi connectivity index (χ3n) is 3.65. The van der Waals surface area contributed by atoms with Gasteiger partial charge in [0.2, 0.25) is 0 Å². The summed E-state index contributed by atoms with van der Waals surface area (Å²) < 4.78 is 23.5. The summed E-state index contributed by atoms with van der Waals surface area (Å²) in [7, 11) is -1.78. The molecule has 2 aromatic rings. The molecule has 1 aromatic carbocycles. The highest BCUT2D eigenvalue weighted by atomic mass is 35.5. The van der Waals surface area contributed by atoms with Crippen molar-refractivity contribution in [2.45, 2.75) is 24.8 Å².